The zero-order valence-electron chi connectivity index (χ0n) is 9.87. The molecule has 0 aromatic heterocycles. The van der Waals surface area contributed by atoms with Crippen LogP contribution >= 0.6 is 43.5 Å². The smallest absolute Gasteiger partial charge is 0.152 e. The molecule has 100 valence electrons. The van der Waals surface area contributed by atoms with E-state index in [1.54, 1.807) is 12.1 Å². The maximum Gasteiger partial charge on any atom is 0.152 e. The van der Waals surface area contributed by atoms with Crippen LogP contribution in [0.25, 0.3) is 0 Å². The molecule has 2 aromatic rings. The molecular weight excluding hydrogens is 395 g/mol. The first-order valence-corrected chi connectivity index (χ1v) is 7.52. The van der Waals surface area contributed by atoms with Crippen molar-refractivity contribution in [2.24, 2.45) is 0 Å². The summed E-state index contributed by atoms with van der Waals surface area (Å²) in [4.78, 5) is 0. The van der Waals surface area contributed by atoms with Gasteiger partial charge in [0.15, 0.2) is 5.75 Å². The van der Waals surface area contributed by atoms with E-state index in [0.717, 1.165) is 20.1 Å². The summed E-state index contributed by atoms with van der Waals surface area (Å²) in [6, 6.07) is 11.4. The fourth-order valence-electron chi connectivity index (χ4n) is 1.62. The summed E-state index contributed by atoms with van der Waals surface area (Å²) in [6.07, 6.45) is 0. The van der Waals surface area contributed by atoms with Crippen LogP contribution in [0.2, 0.25) is 5.02 Å². The van der Waals surface area contributed by atoms with Gasteiger partial charge >= 0.3 is 0 Å². The van der Waals surface area contributed by atoms with Gasteiger partial charge in [0.05, 0.1) is 16.1 Å². The molecule has 0 radical (unpaired) electrons. The Labute approximate surface area is 133 Å². The Hall–Kier alpha value is -0.550. The van der Waals surface area contributed by atoms with E-state index >= 15 is 0 Å². The minimum absolute atomic E-state index is 0.0514. The third-order valence-corrected chi connectivity index (χ3v) is 3.88. The SMILES string of the molecule is OCc1cc(Cl)c(OCc2cccc(Br)c2)c(Br)c1. The summed E-state index contributed by atoms with van der Waals surface area (Å²) >= 11 is 13.0. The molecule has 0 atom stereocenters. The molecule has 0 fully saturated rings. The normalized spacial score (nSPS) is 10.5. The second-order valence-corrected chi connectivity index (χ2v) is 6.14. The van der Waals surface area contributed by atoms with E-state index in [0.29, 0.717) is 17.4 Å². The van der Waals surface area contributed by atoms with Gasteiger partial charge in [-0.1, -0.05) is 39.7 Å². The molecule has 0 aliphatic heterocycles. The second-order valence-electron chi connectivity index (χ2n) is 3.97. The van der Waals surface area contributed by atoms with Gasteiger partial charge in [-0.2, -0.15) is 0 Å². The maximum absolute atomic E-state index is 9.09. The van der Waals surface area contributed by atoms with Gasteiger partial charge in [-0.15, -0.1) is 0 Å². The number of halogens is 3. The van der Waals surface area contributed by atoms with Crippen LogP contribution in [0.15, 0.2) is 45.3 Å². The van der Waals surface area contributed by atoms with Gasteiger partial charge in [0.1, 0.15) is 6.61 Å². The summed E-state index contributed by atoms with van der Waals surface area (Å²) in [5.74, 6) is 0.582. The van der Waals surface area contributed by atoms with E-state index < -0.39 is 0 Å². The quantitative estimate of drug-likeness (QED) is 0.780. The minimum Gasteiger partial charge on any atom is -0.486 e. The fraction of sp³-hybridized carbons (Fsp3) is 0.143. The van der Waals surface area contributed by atoms with E-state index in [1.165, 1.54) is 0 Å². The average Bonchev–Trinajstić information content (AvgIpc) is 2.37. The van der Waals surface area contributed by atoms with Crippen molar-refractivity contribution in [2.45, 2.75) is 13.2 Å². The Morgan fingerprint density at radius 3 is 2.53 bits per heavy atom. The first-order chi connectivity index (χ1) is 9.10. The summed E-state index contributed by atoms with van der Waals surface area (Å²) in [6.45, 7) is 0.375. The molecule has 5 heteroatoms. The van der Waals surface area contributed by atoms with Crippen molar-refractivity contribution >= 4 is 43.5 Å². The first kappa shape index (κ1) is 14.9. The third-order valence-electron chi connectivity index (χ3n) is 2.51. The number of aliphatic hydroxyl groups excluding tert-OH is 1. The molecule has 2 nitrogen and oxygen atoms in total. The molecule has 0 saturated heterocycles. The van der Waals surface area contributed by atoms with Gasteiger partial charge < -0.3 is 9.84 Å². The van der Waals surface area contributed by atoms with E-state index in [4.69, 9.17) is 21.4 Å². The van der Waals surface area contributed by atoms with Crippen molar-refractivity contribution in [2.75, 3.05) is 0 Å². The molecule has 2 rings (SSSR count). The Bertz CT molecular complexity index is 564. The van der Waals surface area contributed by atoms with E-state index in [9.17, 15) is 0 Å². The topological polar surface area (TPSA) is 29.5 Å². The maximum atomic E-state index is 9.09. The minimum atomic E-state index is -0.0514. The Morgan fingerprint density at radius 1 is 1.11 bits per heavy atom. The molecule has 0 heterocycles. The summed E-state index contributed by atoms with van der Waals surface area (Å²) in [5.41, 5.74) is 1.79. The van der Waals surface area contributed by atoms with Crippen LogP contribution in [0.3, 0.4) is 0 Å². The lowest BCUT2D eigenvalue weighted by molar-refractivity contribution is 0.280. The zero-order valence-corrected chi connectivity index (χ0v) is 13.8. The van der Waals surface area contributed by atoms with Crippen LogP contribution in [0.4, 0.5) is 0 Å². The highest BCUT2D eigenvalue weighted by Gasteiger charge is 2.09. The van der Waals surface area contributed by atoms with Crippen LogP contribution < -0.4 is 4.74 Å². The standard InChI is InChI=1S/C14H11Br2ClO2/c15-11-3-1-2-9(4-11)8-19-14-12(16)5-10(7-18)6-13(14)17/h1-6,18H,7-8H2. The summed E-state index contributed by atoms with van der Waals surface area (Å²) in [7, 11) is 0. The predicted octanol–water partition coefficient (Wildman–Crippen LogP) is 4.94. The summed E-state index contributed by atoms with van der Waals surface area (Å²) < 4.78 is 7.47. The van der Waals surface area contributed by atoms with Gasteiger partial charge in [0, 0.05) is 4.47 Å². The zero-order chi connectivity index (χ0) is 13.8. The number of aliphatic hydroxyl groups is 1. The van der Waals surface area contributed by atoms with Crippen LogP contribution in [-0.2, 0) is 13.2 Å². The molecular formula is C14H11Br2ClO2. The predicted molar refractivity (Wildman–Crippen MR) is 83.5 cm³/mol. The van der Waals surface area contributed by atoms with Crippen molar-refractivity contribution in [3.63, 3.8) is 0 Å². The van der Waals surface area contributed by atoms with Crippen molar-refractivity contribution in [1.29, 1.82) is 0 Å². The van der Waals surface area contributed by atoms with Crippen LogP contribution in [0, 0.1) is 0 Å². The number of ether oxygens (including phenoxy) is 1. The lowest BCUT2D eigenvalue weighted by Gasteiger charge is -2.11. The van der Waals surface area contributed by atoms with Gasteiger partial charge in [-0.25, -0.2) is 0 Å². The fourth-order valence-corrected chi connectivity index (χ4v) is 3.10. The number of hydrogen-bond donors (Lipinski definition) is 1. The van der Waals surface area contributed by atoms with Crippen molar-refractivity contribution in [1.82, 2.24) is 0 Å². The second kappa shape index (κ2) is 6.75. The largest absolute Gasteiger partial charge is 0.486 e. The molecule has 0 amide bonds. The van der Waals surface area contributed by atoms with Crippen molar-refractivity contribution in [3.8, 4) is 5.75 Å². The van der Waals surface area contributed by atoms with E-state index in [-0.39, 0.29) is 6.61 Å². The number of benzene rings is 2. The van der Waals surface area contributed by atoms with Gasteiger partial charge in [-0.3, -0.25) is 0 Å². The highest BCUT2D eigenvalue weighted by atomic mass is 79.9. The van der Waals surface area contributed by atoms with Gasteiger partial charge in [-0.05, 0) is 51.3 Å². The number of rotatable bonds is 4. The molecule has 0 saturated carbocycles. The molecule has 0 bridgehead atoms. The Morgan fingerprint density at radius 2 is 1.89 bits per heavy atom. The number of hydrogen-bond acceptors (Lipinski definition) is 2. The highest BCUT2D eigenvalue weighted by molar-refractivity contribution is 9.10. The average molecular weight is 407 g/mol. The molecule has 0 unspecified atom stereocenters. The highest BCUT2D eigenvalue weighted by Crippen LogP contribution is 2.35. The molecule has 19 heavy (non-hydrogen) atoms. The molecule has 0 spiro atoms. The van der Waals surface area contributed by atoms with Gasteiger partial charge in [0.25, 0.3) is 0 Å². The lowest BCUT2D eigenvalue weighted by atomic mass is 10.2. The Kier molecular flexibility index (Phi) is 5.28. The summed E-state index contributed by atoms with van der Waals surface area (Å²) in [5, 5.41) is 9.57. The lowest BCUT2D eigenvalue weighted by Crippen LogP contribution is -1.97. The van der Waals surface area contributed by atoms with Gasteiger partial charge in [0.2, 0.25) is 0 Å². The third kappa shape index (κ3) is 3.96. The van der Waals surface area contributed by atoms with Crippen LogP contribution in [0.1, 0.15) is 11.1 Å². The van der Waals surface area contributed by atoms with Crippen molar-refractivity contribution in [3.05, 3.63) is 61.5 Å². The molecule has 1 N–H and O–H groups in total. The molecule has 0 aliphatic carbocycles. The van der Waals surface area contributed by atoms with Crippen LogP contribution in [-0.4, -0.2) is 5.11 Å². The van der Waals surface area contributed by atoms with E-state index in [2.05, 4.69) is 31.9 Å². The monoisotopic (exact) mass is 404 g/mol. The first-order valence-electron chi connectivity index (χ1n) is 5.56. The molecule has 0 aliphatic rings. The van der Waals surface area contributed by atoms with E-state index in [1.807, 2.05) is 24.3 Å². The molecule has 2 aromatic carbocycles. The van der Waals surface area contributed by atoms with Crippen LogP contribution in [0.5, 0.6) is 5.75 Å². The Balaban J connectivity index is 2.16. The van der Waals surface area contributed by atoms with Crippen molar-refractivity contribution < 1.29 is 9.84 Å².